The van der Waals surface area contributed by atoms with Gasteiger partial charge in [0, 0.05) is 17.3 Å². The number of nitrogens with one attached hydrogen (secondary N) is 3. The molecule has 166 valence electrons. The Morgan fingerprint density at radius 2 is 1.94 bits per heavy atom. The Morgan fingerprint density at radius 3 is 2.58 bits per heavy atom. The minimum Gasteiger partial charge on any atom is -0.331 e. The van der Waals surface area contributed by atoms with Crippen molar-refractivity contribution in [2.24, 2.45) is 0 Å². The molecule has 7 nitrogen and oxygen atoms in total. The van der Waals surface area contributed by atoms with Gasteiger partial charge < -0.3 is 10.6 Å². The van der Waals surface area contributed by atoms with Crippen molar-refractivity contribution in [1.82, 2.24) is 10.6 Å². The maximum absolute atomic E-state index is 12.9. The van der Waals surface area contributed by atoms with E-state index in [9.17, 15) is 18.0 Å². The number of amides is 2. The highest BCUT2D eigenvalue weighted by atomic mass is 35.5. The molecule has 3 N–H and O–H groups in total. The molecule has 0 aliphatic carbocycles. The van der Waals surface area contributed by atoms with E-state index in [1.807, 2.05) is 19.9 Å². The molecule has 0 spiro atoms. The van der Waals surface area contributed by atoms with E-state index in [-0.39, 0.29) is 23.1 Å². The molecular weight excluding hydrogens is 458 g/mol. The molecule has 0 radical (unpaired) electrons. The van der Waals surface area contributed by atoms with Gasteiger partial charge in [0.2, 0.25) is 11.8 Å². The second kappa shape index (κ2) is 10.0. The van der Waals surface area contributed by atoms with Gasteiger partial charge in [-0.1, -0.05) is 36.7 Å². The highest BCUT2D eigenvalue weighted by Crippen LogP contribution is 2.22. The van der Waals surface area contributed by atoms with E-state index in [2.05, 4.69) is 16.0 Å². The van der Waals surface area contributed by atoms with Crippen molar-refractivity contribution in [2.75, 3.05) is 17.6 Å². The van der Waals surface area contributed by atoms with E-state index >= 15 is 0 Å². The molecule has 1 aliphatic rings. The molecule has 10 heteroatoms. The smallest absolute Gasteiger partial charge is 0.241 e. The highest BCUT2D eigenvalue weighted by molar-refractivity contribution is 8.00. The Hall–Kier alpha value is -2.07. The second-order valence-electron chi connectivity index (χ2n) is 7.15. The number of rotatable bonds is 7. The standard InChI is InChI=1S/C21H24ClN3O4S2/c1-3-14-5-8-16(9-6-14)31(28,29)18-11-23-21(25-20(18)27)30-12-19(26)24-17-10-15(22)7-4-13(17)2/h4-10,18,21,23H,3,11-12H2,1-2H3,(H,24,26)(H,25,27). The molecule has 2 unspecified atom stereocenters. The zero-order valence-electron chi connectivity index (χ0n) is 17.1. The monoisotopic (exact) mass is 481 g/mol. The number of aryl methyl sites for hydroxylation is 2. The van der Waals surface area contributed by atoms with Gasteiger partial charge in [-0.2, -0.15) is 0 Å². The second-order valence-corrected chi connectivity index (χ2v) is 10.8. The molecule has 31 heavy (non-hydrogen) atoms. The maximum Gasteiger partial charge on any atom is 0.241 e. The van der Waals surface area contributed by atoms with E-state index in [1.54, 1.807) is 24.3 Å². The van der Waals surface area contributed by atoms with Crippen LogP contribution in [0.25, 0.3) is 0 Å². The van der Waals surface area contributed by atoms with Crippen LogP contribution in [0.4, 0.5) is 5.69 Å². The highest BCUT2D eigenvalue weighted by Gasteiger charge is 2.38. The van der Waals surface area contributed by atoms with Gasteiger partial charge in [-0.15, -0.1) is 11.8 Å². The van der Waals surface area contributed by atoms with Gasteiger partial charge in [-0.05, 0) is 48.7 Å². The quantitative estimate of drug-likeness (QED) is 0.561. The predicted molar refractivity (Wildman–Crippen MR) is 124 cm³/mol. The molecule has 2 aromatic rings. The van der Waals surface area contributed by atoms with Gasteiger partial charge in [0.1, 0.15) is 5.50 Å². The zero-order chi connectivity index (χ0) is 22.6. The first-order chi connectivity index (χ1) is 14.7. The number of carbonyl (C=O) groups is 2. The number of hydrogen-bond acceptors (Lipinski definition) is 6. The number of halogens is 1. The Balaban J connectivity index is 1.55. The van der Waals surface area contributed by atoms with Crippen LogP contribution in [0.15, 0.2) is 47.4 Å². The molecule has 0 saturated carbocycles. The summed E-state index contributed by atoms with van der Waals surface area (Å²) in [4.78, 5) is 24.9. The Morgan fingerprint density at radius 1 is 1.23 bits per heavy atom. The van der Waals surface area contributed by atoms with Crippen molar-refractivity contribution in [3.05, 3.63) is 58.6 Å². The van der Waals surface area contributed by atoms with Crippen LogP contribution < -0.4 is 16.0 Å². The molecule has 3 rings (SSSR count). The van der Waals surface area contributed by atoms with Crippen LogP contribution >= 0.6 is 23.4 Å². The predicted octanol–water partition coefficient (Wildman–Crippen LogP) is 2.73. The van der Waals surface area contributed by atoms with Gasteiger partial charge >= 0.3 is 0 Å². The van der Waals surface area contributed by atoms with Crippen molar-refractivity contribution < 1.29 is 18.0 Å². The lowest BCUT2D eigenvalue weighted by Gasteiger charge is -2.29. The summed E-state index contributed by atoms with van der Waals surface area (Å²) >= 11 is 7.13. The van der Waals surface area contributed by atoms with Gasteiger partial charge in [0.25, 0.3) is 0 Å². The average Bonchev–Trinajstić information content (AvgIpc) is 2.74. The van der Waals surface area contributed by atoms with Gasteiger partial charge in [-0.3, -0.25) is 14.9 Å². The number of thioether (sulfide) groups is 1. The van der Waals surface area contributed by atoms with E-state index in [0.717, 1.165) is 17.5 Å². The lowest BCUT2D eigenvalue weighted by atomic mass is 10.2. The molecule has 1 heterocycles. The molecule has 2 amide bonds. The van der Waals surface area contributed by atoms with Crippen molar-refractivity contribution in [1.29, 1.82) is 0 Å². The summed E-state index contributed by atoms with van der Waals surface area (Å²) in [7, 11) is -3.82. The number of anilines is 1. The van der Waals surface area contributed by atoms with Gasteiger partial charge in [0.05, 0.1) is 10.6 Å². The summed E-state index contributed by atoms with van der Waals surface area (Å²) < 4.78 is 25.7. The first-order valence-corrected chi connectivity index (χ1v) is 12.7. The molecule has 1 saturated heterocycles. The third-order valence-electron chi connectivity index (χ3n) is 4.94. The molecule has 2 aromatic carbocycles. The van der Waals surface area contributed by atoms with Gasteiger partial charge in [-0.25, -0.2) is 8.42 Å². The van der Waals surface area contributed by atoms with E-state index in [0.29, 0.717) is 10.7 Å². The average molecular weight is 482 g/mol. The summed E-state index contributed by atoms with van der Waals surface area (Å²) in [6, 6.07) is 11.8. The summed E-state index contributed by atoms with van der Waals surface area (Å²) in [6.07, 6.45) is 0.801. The van der Waals surface area contributed by atoms with Crippen molar-refractivity contribution in [3.8, 4) is 0 Å². The van der Waals surface area contributed by atoms with E-state index < -0.39 is 26.5 Å². The Labute approximate surface area is 191 Å². The molecular formula is C21H24ClN3O4S2. The molecule has 1 aliphatic heterocycles. The van der Waals surface area contributed by atoms with Crippen LogP contribution in [0.2, 0.25) is 5.02 Å². The van der Waals surface area contributed by atoms with Crippen LogP contribution in [0.3, 0.4) is 0 Å². The first-order valence-electron chi connectivity index (χ1n) is 9.75. The van der Waals surface area contributed by atoms with E-state index in [1.165, 1.54) is 23.9 Å². The summed E-state index contributed by atoms with van der Waals surface area (Å²) in [5.41, 5.74) is 1.96. The summed E-state index contributed by atoms with van der Waals surface area (Å²) in [5, 5.41) is 7.71. The van der Waals surface area contributed by atoms with Crippen LogP contribution in [0.5, 0.6) is 0 Å². The minimum absolute atomic E-state index is 0.0314. The summed E-state index contributed by atoms with van der Waals surface area (Å²) in [5.74, 6) is -0.765. The normalized spacial score (nSPS) is 19.0. The van der Waals surface area contributed by atoms with Crippen molar-refractivity contribution in [2.45, 2.75) is 35.9 Å². The first kappa shape index (κ1) is 23.6. The van der Waals surface area contributed by atoms with Gasteiger partial charge in [0.15, 0.2) is 15.1 Å². The number of carbonyl (C=O) groups excluding carboxylic acids is 2. The van der Waals surface area contributed by atoms with Crippen molar-refractivity contribution >= 4 is 50.7 Å². The molecule has 0 bridgehead atoms. The van der Waals surface area contributed by atoms with Crippen LogP contribution in [0.1, 0.15) is 18.1 Å². The minimum atomic E-state index is -3.82. The maximum atomic E-state index is 12.9. The largest absolute Gasteiger partial charge is 0.331 e. The Bertz CT molecular complexity index is 1070. The molecule has 1 fully saturated rings. The molecule has 0 aromatic heterocycles. The number of sulfone groups is 1. The fourth-order valence-corrected chi connectivity index (χ4v) is 5.57. The topological polar surface area (TPSA) is 104 Å². The number of benzene rings is 2. The van der Waals surface area contributed by atoms with E-state index in [4.69, 9.17) is 11.6 Å². The lowest BCUT2D eigenvalue weighted by Crippen LogP contribution is -2.59. The van der Waals surface area contributed by atoms with Crippen LogP contribution in [-0.4, -0.2) is 43.3 Å². The fraction of sp³-hybridized carbons (Fsp3) is 0.333. The Kier molecular flexibility index (Phi) is 7.64. The number of hydrogen-bond donors (Lipinski definition) is 3. The van der Waals surface area contributed by atoms with Crippen LogP contribution in [0, 0.1) is 6.92 Å². The molecule has 2 atom stereocenters. The SMILES string of the molecule is CCc1ccc(S(=O)(=O)C2CNC(SCC(=O)Nc3cc(Cl)ccc3C)NC2=O)cc1. The third kappa shape index (κ3) is 5.79. The van der Waals surface area contributed by atoms with Crippen LogP contribution in [-0.2, 0) is 25.8 Å². The summed E-state index contributed by atoms with van der Waals surface area (Å²) in [6.45, 7) is 3.81. The third-order valence-corrected chi connectivity index (χ3v) is 8.28. The van der Waals surface area contributed by atoms with Crippen molar-refractivity contribution in [3.63, 3.8) is 0 Å². The fourth-order valence-electron chi connectivity index (χ4n) is 3.08. The lowest BCUT2D eigenvalue weighted by molar-refractivity contribution is -0.122. The zero-order valence-corrected chi connectivity index (χ0v) is 19.5.